The van der Waals surface area contributed by atoms with Gasteiger partial charge in [0.25, 0.3) is 0 Å². The predicted octanol–water partition coefficient (Wildman–Crippen LogP) is 1.44. The zero-order valence-electron chi connectivity index (χ0n) is 14.4. The lowest BCUT2D eigenvalue weighted by atomic mass is 9.94. The van der Waals surface area contributed by atoms with Crippen LogP contribution in [0.25, 0.3) is 0 Å². The Morgan fingerprint density at radius 1 is 1.25 bits per heavy atom. The van der Waals surface area contributed by atoms with E-state index in [0.29, 0.717) is 32.0 Å². The second-order valence-electron chi connectivity index (χ2n) is 7.61. The highest BCUT2D eigenvalue weighted by Crippen LogP contribution is 2.35. The van der Waals surface area contributed by atoms with Gasteiger partial charge in [-0.05, 0) is 44.6 Å². The normalized spacial score (nSPS) is 26.8. The molecule has 0 aromatic carbocycles. The van der Waals surface area contributed by atoms with Crippen molar-refractivity contribution in [1.82, 2.24) is 19.6 Å². The van der Waals surface area contributed by atoms with Gasteiger partial charge in [-0.1, -0.05) is 0 Å². The number of carbonyl (C=O) groups is 2. The summed E-state index contributed by atoms with van der Waals surface area (Å²) in [7, 11) is 0. The minimum Gasteiger partial charge on any atom is -0.340 e. The molecule has 1 saturated carbocycles. The molecule has 0 N–H and O–H groups in total. The molecule has 130 valence electrons. The molecule has 1 aromatic rings. The van der Waals surface area contributed by atoms with Crippen molar-refractivity contribution in [3.63, 3.8) is 0 Å². The van der Waals surface area contributed by atoms with E-state index in [1.807, 2.05) is 22.6 Å². The van der Waals surface area contributed by atoms with Crippen LogP contribution in [0.15, 0.2) is 12.3 Å². The number of fused-ring (bicyclic) bond motifs is 4. The summed E-state index contributed by atoms with van der Waals surface area (Å²) in [6.45, 7) is 4.84. The molecule has 2 amide bonds. The fourth-order valence-corrected chi connectivity index (χ4v) is 4.06. The third kappa shape index (κ3) is 3.06. The van der Waals surface area contributed by atoms with E-state index in [9.17, 15) is 9.59 Å². The van der Waals surface area contributed by atoms with Crippen molar-refractivity contribution in [2.45, 2.75) is 51.6 Å². The number of hydrogen-bond donors (Lipinski definition) is 0. The van der Waals surface area contributed by atoms with E-state index in [0.717, 1.165) is 25.1 Å². The van der Waals surface area contributed by atoms with E-state index in [-0.39, 0.29) is 23.8 Å². The molecule has 1 aromatic heterocycles. The number of aromatic nitrogens is 2. The summed E-state index contributed by atoms with van der Waals surface area (Å²) in [6.07, 6.45) is 6.72. The maximum atomic E-state index is 12.7. The SMILES string of the molecule is Cc1ccnn1CCC(=O)N1C[C@H]2CC[C@@H](C1)N(CC1CC1)C2=O. The van der Waals surface area contributed by atoms with Gasteiger partial charge < -0.3 is 9.80 Å². The van der Waals surface area contributed by atoms with Crippen molar-refractivity contribution in [3.8, 4) is 0 Å². The molecule has 0 unspecified atom stereocenters. The van der Waals surface area contributed by atoms with E-state index in [1.54, 1.807) is 6.20 Å². The minimum absolute atomic E-state index is 0.0119. The van der Waals surface area contributed by atoms with Crippen molar-refractivity contribution in [3.05, 3.63) is 18.0 Å². The first-order chi connectivity index (χ1) is 11.6. The first-order valence-electron chi connectivity index (χ1n) is 9.18. The summed E-state index contributed by atoms with van der Waals surface area (Å²) < 4.78 is 1.87. The molecule has 3 aliphatic heterocycles. The fourth-order valence-electron chi connectivity index (χ4n) is 4.06. The van der Waals surface area contributed by atoms with Gasteiger partial charge in [-0.15, -0.1) is 0 Å². The summed E-state index contributed by atoms with van der Waals surface area (Å²) in [6, 6.07) is 2.18. The van der Waals surface area contributed by atoms with Crippen LogP contribution in [0.2, 0.25) is 0 Å². The molecule has 5 rings (SSSR count). The van der Waals surface area contributed by atoms with Gasteiger partial charge in [0.1, 0.15) is 0 Å². The zero-order chi connectivity index (χ0) is 16.7. The monoisotopic (exact) mass is 330 g/mol. The Bertz CT molecular complexity index is 637. The molecule has 6 heteroatoms. The molecule has 4 heterocycles. The highest BCUT2D eigenvalue weighted by Gasteiger charge is 2.43. The van der Waals surface area contributed by atoms with E-state index < -0.39 is 0 Å². The molecular formula is C18H26N4O2. The Morgan fingerprint density at radius 2 is 2.08 bits per heavy atom. The number of hydrogen-bond acceptors (Lipinski definition) is 3. The molecule has 2 bridgehead atoms. The first kappa shape index (κ1) is 15.7. The average Bonchev–Trinajstić information content (AvgIpc) is 3.35. The van der Waals surface area contributed by atoms with E-state index in [2.05, 4.69) is 10.00 Å². The minimum atomic E-state index is 0.0119. The van der Waals surface area contributed by atoms with Crippen LogP contribution in [-0.2, 0) is 16.1 Å². The van der Waals surface area contributed by atoms with Crippen LogP contribution < -0.4 is 0 Å². The quantitative estimate of drug-likeness (QED) is 0.821. The fraction of sp³-hybridized carbons (Fsp3) is 0.722. The molecule has 3 saturated heterocycles. The highest BCUT2D eigenvalue weighted by atomic mass is 16.2. The molecule has 0 spiro atoms. The number of amides is 2. The van der Waals surface area contributed by atoms with Crippen LogP contribution in [0.4, 0.5) is 0 Å². The number of piperidine rings is 1. The second-order valence-corrected chi connectivity index (χ2v) is 7.61. The Labute approximate surface area is 142 Å². The van der Waals surface area contributed by atoms with Gasteiger partial charge in [0, 0.05) is 50.5 Å². The number of nitrogens with zero attached hydrogens (tertiary/aromatic N) is 4. The lowest BCUT2D eigenvalue weighted by Gasteiger charge is -2.36. The Hall–Kier alpha value is -1.85. The van der Waals surface area contributed by atoms with Crippen molar-refractivity contribution in [2.24, 2.45) is 11.8 Å². The summed E-state index contributed by atoms with van der Waals surface area (Å²) in [5.41, 5.74) is 1.07. The van der Waals surface area contributed by atoms with E-state index >= 15 is 0 Å². The lowest BCUT2D eigenvalue weighted by molar-refractivity contribution is -0.140. The van der Waals surface area contributed by atoms with Crippen molar-refractivity contribution < 1.29 is 9.59 Å². The summed E-state index contributed by atoms with van der Waals surface area (Å²) in [5, 5.41) is 4.24. The number of carbonyl (C=O) groups excluding carboxylic acids is 2. The average molecular weight is 330 g/mol. The largest absolute Gasteiger partial charge is 0.340 e. The molecular weight excluding hydrogens is 304 g/mol. The smallest absolute Gasteiger partial charge is 0.227 e. The van der Waals surface area contributed by atoms with Crippen LogP contribution in [-0.4, -0.2) is 57.1 Å². The topological polar surface area (TPSA) is 58.4 Å². The van der Waals surface area contributed by atoms with Crippen molar-refractivity contribution >= 4 is 11.8 Å². The molecule has 6 nitrogen and oxygen atoms in total. The third-order valence-electron chi connectivity index (χ3n) is 5.76. The zero-order valence-corrected chi connectivity index (χ0v) is 14.4. The Balaban J connectivity index is 1.40. The Kier molecular flexibility index (Phi) is 4.06. The third-order valence-corrected chi connectivity index (χ3v) is 5.76. The highest BCUT2D eigenvalue weighted by molar-refractivity contribution is 5.83. The first-order valence-corrected chi connectivity index (χ1v) is 9.18. The van der Waals surface area contributed by atoms with Crippen LogP contribution in [0.1, 0.15) is 37.8 Å². The Morgan fingerprint density at radius 3 is 2.79 bits per heavy atom. The van der Waals surface area contributed by atoms with Gasteiger partial charge in [0.05, 0.1) is 5.92 Å². The van der Waals surface area contributed by atoms with E-state index in [1.165, 1.54) is 12.8 Å². The van der Waals surface area contributed by atoms with Gasteiger partial charge in [-0.25, -0.2) is 0 Å². The molecule has 4 aliphatic rings. The van der Waals surface area contributed by atoms with Crippen molar-refractivity contribution in [2.75, 3.05) is 19.6 Å². The van der Waals surface area contributed by atoms with Crippen LogP contribution in [0.3, 0.4) is 0 Å². The van der Waals surface area contributed by atoms with Crippen molar-refractivity contribution in [1.29, 1.82) is 0 Å². The maximum absolute atomic E-state index is 12.7. The molecule has 2 atom stereocenters. The van der Waals surface area contributed by atoms with Crippen LogP contribution in [0.5, 0.6) is 0 Å². The lowest BCUT2D eigenvalue weighted by Crippen LogP contribution is -2.48. The molecule has 1 aliphatic carbocycles. The standard InChI is InChI=1S/C18H26N4O2/c1-13-6-8-19-22(13)9-7-17(23)20-11-15-4-5-16(12-20)21(18(15)24)10-14-2-3-14/h6,8,14-16H,2-5,7,9-12H2,1H3/t15-,16+/m1/s1. The van der Waals surface area contributed by atoms with Crippen LogP contribution >= 0.6 is 0 Å². The van der Waals surface area contributed by atoms with Gasteiger partial charge in [-0.2, -0.15) is 5.10 Å². The molecule has 0 radical (unpaired) electrons. The van der Waals surface area contributed by atoms with Gasteiger partial charge in [0.15, 0.2) is 0 Å². The van der Waals surface area contributed by atoms with Gasteiger partial charge in [-0.3, -0.25) is 14.3 Å². The summed E-state index contributed by atoms with van der Waals surface area (Å²) >= 11 is 0. The van der Waals surface area contributed by atoms with Gasteiger partial charge in [0.2, 0.25) is 11.8 Å². The predicted molar refractivity (Wildman–Crippen MR) is 89.1 cm³/mol. The molecule has 4 fully saturated rings. The van der Waals surface area contributed by atoms with E-state index in [4.69, 9.17) is 0 Å². The number of aryl methyl sites for hydroxylation is 2. The summed E-state index contributed by atoms with van der Waals surface area (Å²) in [5.74, 6) is 1.16. The number of rotatable bonds is 5. The van der Waals surface area contributed by atoms with Crippen LogP contribution in [0, 0.1) is 18.8 Å². The summed E-state index contributed by atoms with van der Waals surface area (Å²) in [4.78, 5) is 29.4. The molecule has 24 heavy (non-hydrogen) atoms. The van der Waals surface area contributed by atoms with Gasteiger partial charge >= 0.3 is 0 Å². The maximum Gasteiger partial charge on any atom is 0.227 e. The second kappa shape index (κ2) is 6.22.